The van der Waals surface area contributed by atoms with Crippen LogP contribution in [0.5, 0.6) is 0 Å². The van der Waals surface area contributed by atoms with Gasteiger partial charge in [0.15, 0.2) is 0 Å². The average Bonchev–Trinajstić information content (AvgIpc) is 2.76. The van der Waals surface area contributed by atoms with Crippen LogP contribution in [0.1, 0.15) is 30.3 Å². The van der Waals surface area contributed by atoms with Crippen molar-refractivity contribution in [2.24, 2.45) is 7.05 Å². The third kappa shape index (κ3) is 4.17. The van der Waals surface area contributed by atoms with Gasteiger partial charge >= 0.3 is 0 Å². The van der Waals surface area contributed by atoms with Crippen LogP contribution in [0.3, 0.4) is 0 Å². The molecule has 1 atom stereocenters. The van der Waals surface area contributed by atoms with Crippen molar-refractivity contribution in [2.75, 3.05) is 6.54 Å². The third-order valence-corrected chi connectivity index (χ3v) is 3.58. The lowest BCUT2D eigenvalue weighted by molar-refractivity contribution is 0.477. The second-order valence-electron chi connectivity index (χ2n) is 5.25. The van der Waals surface area contributed by atoms with E-state index in [9.17, 15) is 0 Å². The summed E-state index contributed by atoms with van der Waals surface area (Å²) in [4.78, 5) is 4.06. The van der Waals surface area contributed by atoms with Gasteiger partial charge in [0.05, 0.1) is 5.69 Å². The minimum absolute atomic E-state index is 0.489. The summed E-state index contributed by atoms with van der Waals surface area (Å²) < 4.78 is 1.99. The molecule has 0 aliphatic rings. The number of aryl methyl sites for hydroxylation is 3. The molecule has 20 heavy (non-hydrogen) atoms. The highest BCUT2D eigenvalue weighted by Gasteiger charge is 2.12. The van der Waals surface area contributed by atoms with E-state index in [0.29, 0.717) is 6.04 Å². The number of pyridine rings is 1. The van der Waals surface area contributed by atoms with E-state index in [-0.39, 0.29) is 0 Å². The van der Waals surface area contributed by atoms with Crippen molar-refractivity contribution in [1.29, 1.82) is 0 Å². The second kappa shape index (κ2) is 7.20. The molecule has 0 radical (unpaired) electrons. The molecule has 2 rings (SSSR count). The van der Waals surface area contributed by atoms with Gasteiger partial charge in [0.2, 0.25) is 0 Å². The lowest BCUT2D eigenvalue weighted by atomic mass is 10.0. The summed E-state index contributed by atoms with van der Waals surface area (Å²) in [5.74, 6) is 0. The summed E-state index contributed by atoms with van der Waals surface area (Å²) in [5, 5.41) is 8.00. The Morgan fingerprint density at radius 2 is 2.05 bits per heavy atom. The van der Waals surface area contributed by atoms with Crippen LogP contribution in [0, 0.1) is 6.92 Å². The minimum atomic E-state index is 0.489. The molecule has 108 valence electrons. The maximum Gasteiger partial charge on any atom is 0.0596 e. The van der Waals surface area contributed by atoms with E-state index in [1.165, 1.54) is 11.3 Å². The first-order valence-electron chi connectivity index (χ1n) is 7.31. The Balaban J connectivity index is 1.95. The maximum absolute atomic E-state index is 4.42. The Kier molecular flexibility index (Phi) is 5.30. The Morgan fingerprint density at radius 1 is 1.30 bits per heavy atom. The van der Waals surface area contributed by atoms with Crippen LogP contribution in [-0.4, -0.2) is 27.4 Å². The van der Waals surface area contributed by atoms with Gasteiger partial charge < -0.3 is 5.32 Å². The summed E-state index contributed by atoms with van der Waals surface area (Å²) in [6.07, 6.45) is 6.96. The molecule has 0 bridgehead atoms. The topological polar surface area (TPSA) is 42.7 Å². The molecule has 0 spiro atoms. The van der Waals surface area contributed by atoms with Crippen molar-refractivity contribution in [3.8, 4) is 0 Å². The summed E-state index contributed by atoms with van der Waals surface area (Å²) in [5.41, 5.74) is 3.74. The predicted octanol–water partition coefficient (Wildman–Crippen LogP) is 2.28. The lowest BCUT2D eigenvalue weighted by Gasteiger charge is -2.18. The monoisotopic (exact) mass is 272 g/mol. The van der Waals surface area contributed by atoms with Gasteiger partial charge in [-0.05, 0) is 50.1 Å². The van der Waals surface area contributed by atoms with Gasteiger partial charge in [-0.25, -0.2) is 0 Å². The highest BCUT2D eigenvalue weighted by Crippen LogP contribution is 2.10. The number of nitrogens with zero attached hydrogens (tertiary/aromatic N) is 3. The Bertz CT molecular complexity index is 519. The molecule has 2 aromatic heterocycles. The highest BCUT2D eigenvalue weighted by molar-refractivity contribution is 5.12. The zero-order chi connectivity index (χ0) is 14.4. The number of aromatic nitrogens is 3. The molecule has 4 nitrogen and oxygen atoms in total. The van der Waals surface area contributed by atoms with Crippen molar-refractivity contribution in [3.05, 3.63) is 47.5 Å². The number of rotatable bonds is 7. The Morgan fingerprint density at radius 3 is 2.65 bits per heavy atom. The van der Waals surface area contributed by atoms with E-state index in [1.807, 2.05) is 31.0 Å². The van der Waals surface area contributed by atoms with Crippen LogP contribution in [0.4, 0.5) is 0 Å². The van der Waals surface area contributed by atoms with Crippen molar-refractivity contribution in [3.63, 3.8) is 0 Å². The smallest absolute Gasteiger partial charge is 0.0596 e. The van der Waals surface area contributed by atoms with E-state index in [0.717, 1.165) is 31.5 Å². The number of hydrogen-bond donors (Lipinski definition) is 1. The summed E-state index contributed by atoms with van der Waals surface area (Å²) in [6.45, 7) is 5.20. The van der Waals surface area contributed by atoms with Gasteiger partial charge in [0.1, 0.15) is 0 Å². The number of likely N-dealkylation sites (N-methyl/N-ethyl adjacent to an activating group) is 1. The van der Waals surface area contributed by atoms with E-state index >= 15 is 0 Å². The first-order chi connectivity index (χ1) is 9.69. The van der Waals surface area contributed by atoms with E-state index in [1.54, 1.807) is 0 Å². The zero-order valence-electron chi connectivity index (χ0n) is 12.6. The Labute approximate surface area is 121 Å². The molecule has 0 fully saturated rings. The van der Waals surface area contributed by atoms with Crippen LogP contribution in [-0.2, 0) is 19.9 Å². The molecule has 1 N–H and O–H groups in total. The molecule has 1 unspecified atom stereocenters. The van der Waals surface area contributed by atoms with Crippen molar-refractivity contribution < 1.29 is 0 Å². The molecule has 0 aromatic carbocycles. The summed E-state index contributed by atoms with van der Waals surface area (Å²) >= 11 is 0. The zero-order valence-corrected chi connectivity index (χ0v) is 12.6. The molecule has 0 amide bonds. The minimum Gasteiger partial charge on any atom is -0.314 e. The van der Waals surface area contributed by atoms with Crippen LogP contribution in [0.2, 0.25) is 0 Å². The van der Waals surface area contributed by atoms with Gasteiger partial charge in [0, 0.05) is 37.6 Å². The van der Waals surface area contributed by atoms with Crippen molar-refractivity contribution in [1.82, 2.24) is 20.1 Å². The third-order valence-electron chi connectivity index (χ3n) is 3.58. The fraction of sp³-hybridized carbons (Fsp3) is 0.500. The van der Waals surface area contributed by atoms with Crippen LogP contribution in [0.25, 0.3) is 0 Å². The molecule has 0 saturated heterocycles. The standard InChI is InChI=1S/C16H24N4/c1-4-18-15(6-5-14-7-9-17-10-8-14)12-16-11-13(2)19-20(16)3/h7-11,15,18H,4-6,12H2,1-3H3. The molecule has 2 heterocycles. The molecule has 0 aliphatic heterocycles. The first kappa shape index (κ1) is 14.7. The van der Waals surface area contributed by atoms with Gasteiger partial charge in [-0.2, -0.15) is 5.10 Å². The van der Waals surface area contributed by atoms with Crippen LogP contribution >= 0.6 is 0 Å². The van der Waals surface area contributed by atoms with Gasteiger partial charge in [-0.1, -0.05) is 6.92 Å². The van der Waals surface area contributed by atoms with Gasteiger partial charge in [-0.3, -0.25) is 9.67 Å². The maximum atomic E-state index is 4.42. The van der Waals surface area contributed by atoms with Gasteiger partial charge in [-0.15, -0.1) is 0 Å². The van der Waals surface area contributed by atoms with E-state index < -0.39 is 0 Å². The fourth-order valence-corrected chi connectivity index (χ4v) is 2.56. The molecule has 0 saturated carbocycles. The second-order valence-corrected chi connectivity index (χ2v) is 5.25. The van der Waals surface area contributed by atoms with Crippen molar-refractivity contribution in [2.45, 2.75) is 39.2 Å². The van der Waals surface area contributed by atoms with Gasteiger partial charge in [0.25, 0.3) is 0 Å². The van der Waals surface area contributed by atoms with E-state index in [2.05, 4.69) is 40.5 Å². The molecule has 4 heteroatoms. The highest BCUT2D eigenvalue weighted by atomic mass is 15.3. The lowest BCUT2D eigenvalue weighted by Crippen LogP contribution is -2.32. The van der Waals surface area contributed by atoms with Crippen LogP contribution in [0.15, 0.2) is 30.6 Å². The molecule has 0 aliphatic carbocycles. The first-order valence-corrected chi connectivity index (χ1v) is 7.31. The predicted molar refractivity (Wildman–Crippen MR) is 81.7 cm³/mol. The van der Waals surface area contributed by atoms with Crippen molar-refractivity contribution >= 4 is 0 Å². The SMILES string of the molecule is CCNC(CCc1ccncc1)Cc1cc(C)nn1C. The van der Waals surface area contributed by atoms with E-state index in [4.69, 9.17) is 0 Å². The number of nitrogens with one attached hydrogen (secondary N) is 1. The largest absolute Gasteiger partial charge is 0.314 e. The molecular formula is C16H24N4. The summed E-state index contributed by atoms with van der Waals surface area (Å²) in [6, 6.07) is 6.86. The fourth-order valence-electron chi connectivity index (χ4n) is 2.56. The van der Waals surface area contributed by atoms with Crippen LogP contribution < -0.4 is 5.32 Å². The molecule has 2 aromatic rings. The normalized spacial score (nSPS) is 12.6. The molecular weight excluding hydrogens is 248 g/mol. The number of hydrogen-bond acceptors (Lipinski definition) is 3. The summed E-state index contributed by atoms with van der Waals surface area (Å²) in [7, 11) is 2.02. The Hall–Kier alpha value is -1.68. The quantitative estimate of drug-likeness (QED) is 0.841. The average molecular weight is 272 g/mol.